The van der Waals surface area contributed by atoms with Crippen molar-refractivity contribution in [3.8, 4) is 0 Å². The van der Waals surface area contributed by atoms with E-state index < -0.39 is 17.5 Å². The average molecular weight is 387 g/mol. The second kappa shape index (κ2) is 8.82. The van der Waals surface area contributed by atoms with Gasteiger partial charge in [0, 0.05) is 50.0 Å². The van der Waals surface area contributed by atoms with E-state index in [0.717, 1.165) is 36.6 Å². The van der Waals surface area contributed by atoms with Crippen LogP contribution in [0.4, 0.5) is 20.2 Å². The molecule has 0 bridgehead atoms. The van der Waals surface area contributed by atoms with E-state index in [2.05, 4.69) is 10.2 Å². The molecule has 7 heteroatoms. The van der Waals surface area contributed by atoms with E-state index in [1.807, 2.05) is 24.3 Å². The first kappa shape index (κ1) is 19.8. The van der Waals surface area contributed by atoms with Gasteiger partial charge in [-0.05, 0) is 55.3 Å². The molecule has 2 amide bonds. The summed E-state index contributed by atoms with van der Waals surface area (Å²) in [6.45, 7) is 4.02. The van der Waals surface area contributed by atoms with Crippen molar-refractivity contribution in [2.75, 3.05) is 36.0 Å². The summed E-state index contributed by atoms with van der Waals surface area (Å²) >= 11 is 0. The number of amides is 2. The van der Waals surface area contributed by atoms with Gasteiger partial charge in [-0.2, -0.15) is 0 Å². The Morgan fingerprint density at radius 2 is 1.71 bits per heavy atom. The SMILES string of the molecule is CC(=O)N(CCNC(=O)c1ccc(F)c(F)c1)c1ccc(N2CCCC2)cc1. The van der Waals surface area contributed by atoms with E-state index in [1.165, 1.54) is 25.8 Å². The van der Waals surface area contributed by atoms with Crippen molar-refractivity contribution in [1.82, 2.24) is 5.32 Å². The molecule has 3 rings (SSSR count). The molecule has 1 N–H and O–H groups in total. The fourth-order valence-corrected chi connectivity index (χ4v) is 3.31. The molecule has 148 valence electrons. The van der Waals surface area contributed by atoms with Gasteiger partial charge in [0.05, 0.1) is 0 Å². The lowest BCUT2D eigenvalue weighted by Crippen LogP contribution is -2.37. The molecule has 0 spiro atoms. The van der Waals surface area contributed by atoms with Crippen LogP contribution in [-0.4, -0.2) is 38.0 Å². The van der Waals surface area contributed by atoms with Gasteiger partial charge in [-0.15, -0.1) is 0 Å². The summed E-state index contributed by atoms with van der Waals surface area (Å²) in [5.74, 6) is -2.74. The minimum Gasteiger partial charge on any atom is -0.372 e. The third-order valence-electron chi connectivity index (χ3n) is 4.82. The van der Waals surface area contributed by atoms with E-state index in [9.17, 15) is 18.4 Å². The van der Waals surface area contributed by atoms with Gasteiger partial charge in [0.25, 0.3) is 5.91 Å². The highest BCUT2D eigenvalue weighted by Crippen LogP contribution is 2.24. The van der Waals surface area contributed by atoms with Gasteiger partial charge < -0.3 is 15.1 Å². The molecule has 0 atom stereocenters. The first-order valence-electron chi connectivity index (χ1n) is 9.32. The fourth-order valence-electron chi connectivity index (χ4n) is 3.31. The summed E-state index contributed by atoms with van der Waals surface area (Å²) in [6, 6.07) is 10.8. The number of rotatable bonds is 6. The lowest BCUT2D eigenvalue weighted by atomic mass is 10.2. The first-order chi connectivity index (χ1) is 13.5. The molecule has 0 unspecified atom stereocenters. The van der Waals surface area contributed by atoms with Crippen molar-refractivity contribution >= 4 is 23.2 Å². The van der Waals surface area contributed by atoms with Gasteiger partial charge in [-0.3, -0.25) is 9.59 Å². The smallest absolute Gasteiger partial charge is 0.251 e. The zero-order valence-corrected chi connectivity index (χ0v) is 15.8. The first-order valence-corrected chi connectivity index (χ1v) is 9.32. The molecule has 28 heavy (non-hydrogen) atoms. The maximum atomic E-state index is 13.3. The number of nitrogens with zero attached hydrogens (tertiary/aromatic N) is 2. The number of nitrogens with one attached hydrogen (secondary N) is 1. The quantitative estimate of drug-likeness (QED) is 0.827. The summed E-state index contributed by atoms with van der Waals surface area (Å²) in [5.41, 5.74) is 1.91. The molecule has 1 heterocycles. The number of benzene rings is 2. The van der Waals surface area contributed by atoms with Crippen molar-refractivity contribution in [2.45, 2.75) is 19.8 Å². The number of carbonyl (C=O) groups excluding carboxylic acids is 2. The zero-order chi connectivity index (χ0) is 20.1. The molecule has 2 aromatic carbocycles. The number of halogens is 2. The largest absolute Gasteiger partial charge is 0.372 e. The Balaban J connectivity index is 1.59. The van der Waals surface area contributed by atoms with Crippen LogP contribution in [0.1, 0.15) is 30.1 Å². The van der Waals surface area contributed by atoms with Crippen LogP contribution in [0.15, 0.2) is 42.5 Å². The van der Waals surface area contributed by atoms with Crippen molar-refractivity contribution in [3.05, 3.63) is 59.7 Å². The maximum Gasteiger partial charge on any atom is 0.251 e. The van der Waals surface area contributed by atoms with Gasteiger partial charge in [-0.25, -0.2) is 8.78 Å². The highest BCUT2D eigenvalue weighted by Gasteiger charge is 2.15. The van der Waals surface area contributed by atoms with Crippen LogP contribution in [0.25, 0.3) is 0 Å². The van der Waals surface area contributed by atoms with E-state index in [0.29, 0.717) is 0 Å². The fraction of sp³-hybridized carbons (Fsp3) is 0.333. The number of hydrogen-bond donors (Lipinski definition) is 1. The maximum absolute atomic E-state index is 13.3. The number of anilines is 2. The third kappa shape index (κ3) is 4.65. The molecule has 5 nitrogen and oxygen atoms in total. The Kier molecular flexibility index (Phi) is 6.23. The Morgan fingerprint density at radius 1 is 1.04 bits per heavy atom. The highest BCUT2D eigenvalue weighted by atomic mass is 19.2. The molecule has 0 aromatic heterocycles. The molecule has 2 aromatic rings. The summed E-state index contributed by atoms with van der Waals surface area (Å²) in [4.78, 5) is 28.0. The predicted molar refractivity (Wildman–Crippen MR) is 105 cm³/mol. The average Bonchev–Trinajstić information content (AvgIpc) is 3.22. The summed E-state index contributed by atoms with van der Waals surface area (Å²) < 4.78 is 26.2. The van der Waals surface area contributed by atoms with Crippen molar-refractivity contribution in [1.29, 1.82) is 0 Å². The zero-order valence-electron chi connectivity index (χ0n) is 15.8. The topological polar surface area (TPSA) is 52.7 Å². The van der Waals surface area contributed by atoms with Crippen LogP contribution in [0.3, 0.4) is 0 Å². The Bertz CT molecular complexity index is 849. The van der Waals surface area contributed by atoms with Crippen LogP contribution in [-0.2, 0) is 4.79 Å². The van der Waals surface area contributed by atoms with Crippen LogP contribution < -0.4 is 15.1 Å². The molecular formula is C21H23F2N3O2. The Labute approximate surface area is 162 Å². The third-order valence-corrected chi connectivity index (χ3v) is 4.82. The molecule has 0 radical (unpaired) electrons. The van der Waals surface area contributed by atoms with E-state index in [-0.39, 0.29) is 24.6 Å². The molecule has 1 fully saturated rings. The van der Waals surface area contributed by atoms with Crippen LogP contribution in [0.2, 0.25) is 0 Å². The second-order valence-corrected chi connectivity index (χ2v) is 6.77. The van der Waals surface area contributed by atoms with Gasteiger partial charge >= 0.3 is 0 Å². The second-order valence-electron chi connectivity index (χ2n) is 6.77. The summed E-state index contributed by atoms with van der Waals surface area (Å²) in [7, 11) is 0. The van der Waals surface area contributed by atoms with Gasteiger partial charge in [-0.1, -0.05) is 0 Å². The standard InChI is InChI=1S/C21H23F2N3O2/c1-15(27)26(18-7-5-17(6-8-18)25-11-2-3-12-25)13-10-24-21(28)16-4-9-19(22)20(23)14-16/h4-9,14H,2-3,10-13H2,1H3,(H,24,28). The highest BCUT2D eigenvalue weighted by molar-refractivity contribution is 5.94. The monoisotopic (exact) mass is 387 g/mol. The van der Waals surface area contributed by atoms with Crippen molar-refractivity contribution < 1.29 is 18.4 Å². The number of carbonyl (C=O) groups is 2. The molecule has 0 saturated carbocycles. The lowest BCUT2D eigenvalue weighted by Gasteiger charge is -2.23. The Hall–Kier alpha value is -2.96. The predicted octanol–water partition coefficient (Wildman–Crippen LogP) is 3.35. The van der Waals surface area contributed by atoms with Crippen LogP contribution in [0, 0.1) is 11.6 Å². The van der Waals surface area contributed by atoms with E-state index in [1.54, 1.807) is 4.90 Å². The molecule has 1 aliphatic heterocycles. The van der Waals surface area contributed by atoms with Gasteiger partial charge in [0.1, 0.15) is 0 Å². The van der Waals surface area contributed by atoms with E-state index >= 15 is 0 Å². The normalized spacial score (nSPS) is 13.5. The minimum atomic E-state index is -1.07. The minimum absolute atomic E-state index is 0.0308. The van der Waals surface area contributed by atoms with Crippen molar-refractivity contribution in [2.24, 2.45) is 0 Å². The van der Waals surface area contributed by atoms with Gasteiger partial charge in [0.15, 0.2) is 11.6 Å². The molecular weight excluding hydrogens is 364 g/mol. The molecule has 1 aliphatic rings. The number of hydrogen-bond acceptors (Lipinski definition) is 3. The molecule has 1 saturated heterocycles. The van der Waals surface area contributed by atoms with E-state index in [4.69, 9.17) is 0 Å². The van der Waals surface area contributed by atoms with Gasteiger partial charge in [0.2, 0.25) is 5.91 Å². The van der Waals surface area contributed by atoms with Crippen LogP contribution in [0.5, 0.6) is 0 Å². The lowest BCUT2D eigenvalue weighted by molar-refractivity contribution is -0.116. The summed E-state index contributed by atoms with van der Waals surface area (Å²) in [6.07, 6.45) is 2.39. The summed E-state index contributed by atoms with van der Waals surface area (Å²) in [5, 5.41) is 2.63. The van der Waals surface area contributed by atoms with Crippen molar-refractivity contribution in [3.63, 3.8) is 0 Å². The van der Waals surface area contributed by atoms with Crippen LogP contribution >= 0.6 is 0 Å². The Morgan fingerprint density at radius 3 is 2.32 bits per heavy atom. The molecule has 0 aliphatic carbocycles.